The molecule has 0 radical (unpaired) electrons. The largest absolute Gasteiger partial charge is 0.487 e. The molecule has 2 aliphatic rings. The van der Waals surface area contributed by atoms with Crippen molar-refractivity contribution in [3.63, 3.8) is 0 Å². The summed E-state index contributed by atoms with van der Waals surface area (Å²) in [4.78, 5) is 2.40. The molecule has 2 aromatic carbocycles. The van der Waals surface area contributed by atoms with Crippen LogP contribution in [0.5, 0.6) is 5.75 Å². The second kappa shape index (κ2) is 10.6. The molecule has 0 unspecified atom stereocenters. The molecule has 3 atom stereocenters. The monoisotopic (exact) mass is 484 g/mol. The predicted molar refractivity (Wildman–Crippen MR) is 135 cm³/mol. The molecule has 0 spiro atoms. The molecule has 184 valence electrons. The van der Waals surface area contributed by atoms with E-state index in [-0.39, 0.29) is 23.5 Å². The molecule has 34 heavy (non-hydrogen) atoms. The number of sulfonamides is 1. The standard InChI is InChI=1S/C27H36N2O4S/c1-20-16-29(21(2)19-30)34(31,32)27-14-13-24(23-11-7-8-12-23)15-25(27)33-26(20)18-28(3)17-22-9-5-4-6-10-22/h4-6,9-11,13-15,20-21,26,30H,7-8,12,16-19H2,1-3H3/t20-,21+,26-/m1/s1. The van der Waals surface area contributed by atoms with Crippen molar-refractivity contribution in [1.29, 1.82) is 0 Å². The van der Waals surface area contributed by atoms with Crippen LogP contribution in [0.3, 0.4) is 0 Å². The molecular formula is C27H36N2O4S. The van der Waals surface area contributed by atoms with Gasteiger partial charge >= 0.3 is 0 Å². The molecule has 2 aromatic rings. The van der Waals surface area contributed by atoms with E-state index in [4.69, 9.17) is 4.74 Å². The van der Waals surface area contributed by atoms with Gasteiger partial charge in [0.1, 0.15) is 16.7 Å². The summed E-state index contributed by atoms with van der Waals surface area (Å²) in [7, 11) is -1.75. The third kappa shape index (κ3) is 5.38. The maximum atomic E-state index is 13.6. The lowest BCUT2D eigenvalue weighted by molar-refractivity contribution is 0.0733. The molecule has 0 saturated heterocycles. The highest BCUT2D eigenvalue weighted by atomic mass is 32.2. The van der Waals surface area contributed by atoms with Crippen LogP contribution in [0.1, 0.15) is 44.2 Å². The summed E-state index contributed by atoms with van der Waals surface area (Å²) in [5.41, 5.74) is 3.49. The maximum Gasteiger partial charge on any atom is 0.247 e. The van der Waals surface area contributed by atoms with E-state index in [2.05, 4.69) is 30.2 Å². The summed E-state index contributed by atoms with van der Waals surface area (Å²) >= 11 is 0. The highest BCUT2D eigenvalue weighted by molar-refractivity contribution is 7.89. The predicted octanol–water partition coefficient (Wildman–Crippen LogP) is 4.15. The number of fused-ring (bicyclic) bond motifs is 1. The Labute approximate surface area is 203 Å². The van der Waals surface area contributed by atoms with Gasteiger partial charge in [-0.2, -0.15) is 4.31 Å². The minimum Gasteiger partial charge on any atom is -0.487 e. The van der Waals surface area contributed by atoms with Crippen molar-refractivity contribution in [3.05, 3.63) is 65.7 Å². The lowest BCUT2D eigenvalue weighted by Crippen LogP contribution is -2.49. The van der Waals surface area contributed by atoms with E-state index in [1.807, 2.05) is 37.3 Å². The molecule has 1 aliphatic heterocycles. The van der Waals surface area contributed by atoms with Crippen molar-refractivity contribution in [2.75, 3.05) is 26.7 Å². The fraction of sp³-hybridized carbons (Fsp3) is 0.481. The van der Waals surface area contributed by atoms with Crippen LogP contribution in [0.15, 0.2) is 59.5 Å². The minimum atomic E-state index is -3.81. The zero-order chi connectivity index (χ0) is 24.3. The Balaban J connectivity index is 1.69. The van der Waals surface area contributed by atoms with Crippen LogP contribution in [0.4, 0.5) is 0 Å². The molecule has 0 saturated carbocycles. The van der Waals surface area contributed by atoms with Gasteiger partial charge in [-0.1, -0.05) is 49.4 Å². The topological polar surface area (TPSA) is 70.1 Å². The van der Waals surface area contributed by atoms with Gasteiger partial charge in [0.25, 0.3) is 0 Å². The van der Waals surface area contributed by atoms with Crippen LogP contribution in [-0.4, -0.2) is 61.6 Å². The summed E-state index contributed by atoms with van der Waals surface area (Å²) in [5, 5.41) is 9.83. The van der Waals surface area contributed by atoms with Crippen LogP contribution in [-0.2, 0) is 16.6 Å². The Bertz CT molecular complexity index is 1120. The molecule has 7 heteroatoms. The second-order valence-electron chi connectivity index (χ2n) is 9.71. The number of hydrogen-bond donors (Lipinski definition) is 1. The highest BCUT2D eigenvalue weighted by Gasteiger charge is 2.38. The number of aliphatic hydroxyl groups excluding tert-OH is 1. The van der Waals surface area contributed by atoms with Crippen LogP contribution in [0.2, 0.25) is 0 Å². The van der Waals surface area contributed by atoms with Gasteiger partial charge in [0.15, 0.2) is 0 Å². The second-order valence-corrected chi connectivity index (χ2v) is 11.6. The maximum absolute atomic E-state index is 13.6. The Morgan fingerprint density at radius 3 is 2.65 bits per heavy atom. The van der Waals surface area contributed by atoms with Crippen LogP contribution in [0.25, 0.3) is 5.57 Å². The molecule has 4 rings (SSSR count). The first kappa shape index (κ1) is 24.9. The number of hydrogen-bond acceptors (Lipinski definition) is 5. The third-order valence-corrected chi connectivity index (χ3v) is 8.89. The van der Waals surface area contributed by atoms with E-state index in [0.717, 1.165) is 31.4 Å². The van der Waals surface area contributed by atoms with Gasteiger partial charge in [-0.3, -0.25) is 4.90 Å². The molecule has 1 heterocycles. The molecular weight excluding hydrogens is 448 g/mol. The lowest BCUT2D eigenvalue weighted by atomic mass is 10.0. The van der Waals surface area contributed by atoms with Gasteiger partial charge in [0, 0.05) is 31.6 Å². The zero-order valence-electron chi connectivity index (χ0n) is 20.4. The normalized spacial score (nSPS) is 23.5. The number of ether oxygens (including phenoxy) is 1. The van der Waals surface area contributed by atoms with Gasteiger partial charge in [-0.15, -0.1) is 0 Å². The number of likely N-dealkylation sites (N-methyl/N-ethyl adjacent to an activating group) is 1. The smallest absolute Gasteiger partial charge is 0.247 e. The van der Waals surface area contributed by atoms with E-state index >= 15 is 0 Å². The summed E-state index contributed by atoms with van der Waals surface area (Å²) < 4.78 is 35.2. The van der Waals surface area contributed by atoms with E-state index in [9.17, 15) is 13.5 Å². The van der Waals surface area contributed by atoms with E-state index in [1.165, 1.54) is 15.4 Å². The van der Waals surface area contributed by atoms with Crippen molar-refractivity contribution < 1.29 is 18.3 Å². The van der Waals surface area contributed by atoms with Gasteiger partial charge in [-0.05, 0) is 62.1 Å². The first-order valence-corrected chi connectivity index (χ1v) is 13.6. The van der Waals surface area contributed by atoms with Crippen LogP contribution >= 0.6 is 0 Å². The molecule has 0 fully saturated rings. The minimum absolute atomic E-state index is 0.0653. The van der Waals surface area contributed by atoms with Crippen molar-refractivity contribution in [1.82, 2.24) is 9.21 Å². The fourth-order valence-electron chi connectivity index (χ4n) is 4.84. The van der Waals surface area contributed by atoms with Crippen molar-refractivity contribution in [2.24, 2.45) is 5.92 Å². The Morgan fingerprint density at radius 2 is 1.97 bits per heavy atom. The van der Waals surface area contributed by atoms with E-state index < -0.39 is 16.1 Å². The van der Waals surface area contributed by atoms with Crippen molar-refractivity contribution >= 4 is 15.6 Å². The average molecular weight is 485 g/mol. The number of aliphatic hydroxyl groups is 1. The van der Waals surface area contributed by atoms with Gasteiger partial charge in [0.2, 0.25) is 10.0 Å². The van der Waals surface area contributed by atoms with E-state index in [0.29, 0.717) is 18.8 Å². The Hall–Kier alpha value is -2.19. The fourth-order valence-corrected chi connectivity index (χ4v) is 6.67. The lowest BCUT2D eigenvalue weighted by Gasteiger charge is -2.37. The van der Waals surface area contributed by atoms with Crippen molar-refractivity contribution in [3.8, 4) is 5.75 Å². The van der Waals surface area contributed by atoms with Crippen LogP contribution in [0, 0.1) is 5.92 Å². The zero-order valence-corrected chi connectivity index (χ0v) is 21.2. The SMILES string of the molecule is C[C@@H]1CN([C@@H](C)CO)S(=O)(=O)c2ccc(C3=CCCC3)cc2O[C@@H]1CN(C)Cc1ccccc1. The van der Waals surface area contributed by atoms with Gasteiger partial charge < -0.3 is 9.84 Å². The summed E-state index contributed by atoms with van der Waals surface area (Å²) in [6, 6.07) is 15.2. The summed E-state index contributed by atoms with van der Waals surface area (Å²) in [6.07, 6.45) is 5.20. The highest BCUT2D eigenvalue weighted by Crippen LogP contribution is 2.37. The quantitative estimate of drug-likeness (QED) is 0.639. The first-order valence-electron chi connectivity index (χ1n) is 12.1. The summed E-state index contributed by atoms with van der Waals surface area (Å²) in [6.45, 7) is 5.28. The molecule has 1 aliphatic carbocycles. The van der Waals surface area contributed by atoms with E-state index in [1.54, 1.807) is 13.0 Å². The molecule has 0 amide bonds. The average Bonchev–Trinajstić information content (AvgIpc) is 3.36. The molecule has 0 aromatic heterocycles. The molecule has 6 nitrogen and oxygen atoms in total. The number of rotatable bonds is 7. The molecule has 0 bridgehead atoms. The Kier molecular flexibility index (Phi) is 7.77. The molecule has 1 N–H and O–H groups in total. The number of benzene rings is 2. The number of nitrogens with zero attached hydrogens (tertiary/aromatic N) is 2. The van der Waals surface area contributed by atoms with Crippen molar-refractivity contribution in [2.45, 2.75) is 56.7 Å². The van der Waals surface area contributed by atoms with Crippen LogP contribution < -0.4 is 4.74 Å². The van der Waals surface area contributed by atoms with Gasteiger partial charge in [-0.25, -0.2) is 8.42 Å². The first-order chi connectivity index (χ1) is 16.3. The number of allylic oxidation sites excluding steroid dienone is 2. The summed E-state index contributed by atoms with van der Waals surface area (Å²) in [5.74, 6) is 0.342. The van der Waals surface area contributed by atoms with Gasteiger partial charge in [0.05, 0.1) is 6.61 Å². The Morgan fingerprint density at radius 1 is 1.21 bits per heavy atom. The third-order valence-electron chi connectivity index (χ3n) is 6.87.